The molecule has 0 aliphatic carbocycles. The maximum atomic E-state index is 13.8. The zero-order valence-corrected chi connectivity index (χ0v) is 10.4. The van der Waals surface area contributed by atoms with E-state index in [2.05, 4.69) is 10.0 Å². The van der Waals surface area contributed by atoms with Crippen LogP contribution in [0.2, 0.25) is 0 Å². The molecule has 4 nitrogen and oxygen atoms in total. The van der Waals surface area contributed by atoms with Gasteiger partial charge in [0.2, 0.25) is 10.0 Å². The minimum atomic E-state index is -3.43. The average molecular weight is 272 g/mol. The maximum Gasteiger partial charge on any atom is 0.257 e. The number of hydrogen-bond donors (Lipinski definition) is 2. The first-order chi connectivity index (χ1) is 7.14. The lowest BCUT2D eigenvalue weighted by Gasteiger charge is -2.41. The molecular weight excluding hydrogens is 250 g/mol. The fourth-order valence-corrected chi connectivity index (χ4v) is 2.38. The van der Waals surface area contributed by atoms with E-state index in [1.807, 2.05) is 0 Å². The van der Waals surface area contributed by atoms with Gasteiger partial charge in [-0.25, -0.2) is 21.9 Å². The van der Waals surface area contributed by atoms with Gasteiger partial charge < -0.3 is 5.32 Å². The van der Waals surface area contributed by atoms with Gasteiger partial charge in [0, 0.05) is 25.0 Å². The highest BCUT2D eigenvalue weighted by Crippen LogP contribution is 2.37. The van der Waals surface area contributed by atoms with Crippen molar-refractivity contribution in [2.24, 2.45) is 11.8 Å². The molecule has 0 bridgehead atoms. The third-order valence-electron chi connectivity index (χ3n) is 3.07. The van der Waals surface area contributed by atoms with Crippen molar-refractivity contribution in [3.63, 3.8) is 0 Å². The van der Waals surface area contributed by atoms with Crippen molar-refractivity contribution in [1.29, 1.82) is 0 Å². The lowest BCUT2D eigenvalue weighted by atomic mass is 9.82. The van der Waals surface area contributed by atoms with Crippen LogP contribution < -0.4 is 10.0 Å². The topological polar surface area (TPSA) is 58.2 Å². The molecule has 1 fully saturated rings. The van der Waals surface area contributed by atoms with Crippen molar-refractivity contribution in [2.75, 3.05) is 19.3 Å². The third kappa shape index (κ3) is 4.15. The standard InChI is InChI=1S/C9H18F2N2O2S.CH4/c1-6-4-12-7(2)8(9(6,10)11)5-13-16(3,14)15;/h6-8,12-13H,4-5H2,1-3H3;1H4/t6-,7-,8+;/m0./s1. The number of sulfonamides is 1. The van der Waals surface area contributed by atoms with Crippen molar-refractivity contribution >= 4 is 10.0 Å². The van der Waals surface area contributed by atoms with Gasteiger partial charge in [-0.1, -0.05) is 14.4 Å². The molecule has 0 spiro atoms. The molecule has 104 valence electrons. The molecule has 17 heavy (non-hydrogen) atoms. The predicted octanol–water partition coefficient (Wildman–Crippen LogP) is 1.05. The molecule has 1 aliphatic rings. The molecule has 0 aromatic heterocycles. The Morgan fingerprint density at radius 3 is 2.41 bits per heavy atom. The quantitative estimate of drug-likeness (QED) is 0.807. The summed E-state index contributed by atoms with van der Waals surface area (Å²) in [5, 5.41) is 2.96. The van der Waals surface area contributed by atoms with Gasteiger partial charge in [-0.15, -0.1) is 0 Å². The van der Waals surface area contributed by atoms with E-state index in [1.54, 1.807) is 6.92 Å². The monoisotopic (exact) mass is 272 g/mol. The minimum Gasteiger partial charge on any atom is -0.313 e. The van der Waals surface area contributed by atoms with Crippen LogP contribution in [0, 0.1) is 11.8 Å². The van der Waals surface area contributed by atoms with Gasteiger partial charge in [0.25, 0.3) is 5.92 Å². The second-order valence-corrected chi connectivity index (χ2v) is 6.33. The molecule has 7 heteroatoms. The summed E-state index contributed by atoms with van der Waals surface area (Å²) in [5.74, 6) is -4.64. The summed E-state index contributed by atoms with van der Waals surface area (Å²) in [7, 11) is -3.43. The van der Waals surface area contributed by atoms with Crippen LogP contribution in [-0.4, -0.2) is 39.7 Å². The van der Waals surface area contributed by atoms with E-state index in [-0.39, 0.29) is 20.5 Å². The van der Waals surface area contributed by atoms with Gasteiger partial charge >= 0.3 is 0 Å². The van der Waals surface area contributed by atoms with Gasteiger partial charge in [0.05, 0.1) is 12.2 Å². The molecule has 0 saturated carbocycles. The van der Waals surface area contributed by atoms with Crippen molar-refractivity contribution in [1.82, 2.24) is 10.0 Å². The number of halogens is 2. The summed E-state index contributed by atoms with van der Waals surface area (Å²) in [4.78, 5) is 0. The van der Waals surface area contributed by atoms with Crippen molar-refractivity contribution in [3.8, 4) is 0 Å². The van der Waals surface area contributed by atoms with Crippen LogP contribution in [0.3, 0.4) is 0 Å². The zero-order valence-electron chi connectivity index (χ0n) is 9.63. The lowest BCUT2D eigenvalue weighted by Crippen LogP contribution is -2.58. The number of nitrogens with one attached hydrogen (secondary N) is 2. The normalized spacial score (nSPS) is 32.9. The summed E-state index contributed by atoms with van der Waals surface area (Å²) in [6.07, 6.45) is 0.968. The molecule has 0 aromatic carbocycles. The molecule has 2 N–H and O–H groups in total. The maximum absolute atomic E-state index is 13.8. The summed E-state index contributed by atoms with van der Waals surface area (Å²) < 4.78 is 51.6. The molecule has 1 aliphatic heterocycles. The van der Waals surface area contributed by atoms with Gasteiger partial charge in [-0.05, 0) is 6.92 Å². The summed E-state index contributed by atoms with van der Waals surface area (Å²) in [6, 6.07) is -0.402. The van der Waals surface area contributed by atoms with E-state index < -0.39 is 33.8 Å². The highest BCUT2D eigenvalue weighted by atomic mass is 32.2. The Kier molecular flexibility index (Phi) is 5.49. The molecule has 1 rings (SSSR count). The van der Waals surface area contributed by atoms with E-state index in [9.17, 15) is 17.2 Å². The van der Waals surface area contributed by atoms with Gasteiger partial charge in [-0.2, -0.15) is 0 Å². The van der Waals surface area contributed by atoms with Gasteiger partial charge in [-0.3, -0.25) is 0 Å². The molecule has 1 heterocycles. The second-order valence-electron chi connectivity index (χ2n) is 4.50. The lowest BCUT2D eigenvalue weighted by molar-refractivity contribution is -0.128. The first-order valence-electron chi connectivity index (χ1n) is 5.20. The van der Waals surface area contributed by atoms with E-state index in [1.165, 1.54) is 6.92 Å². The van der Waals surface area contributed by atoms with Crippen LogP contribution in [0.1, 0.15) is 21.3 Å². The Labute approximate surface area is 102 Å². The first kappa shape index (κ1) is 16.7. The number of piperidine rings is 1. The Balaban J connectivity index is 0.00000256. The number of alkyl halides is 2. The molecule has 1 saturated heterocycles. The largest absolute Gasteiger partial charge is 0.313 e. The smallest absolute Gasteiger partial charge is 0.257 e. The molecule has 0 aromatic rings. The van der Waals surface area contributed by atoms with Crippen molar-refractivity contribution in [2.45, 2.75) is 33.2 Å². The fourth-order valence-electron chi connectivity index (χ4n) is 1.89. The number of hydrogen-bond acceptors (Lipinski definition) is 3. The van der Waals surface area contributed by atoms with E-state index in [0.717, 1.165) is 6.26 Å². The molecular formula is C10H22F2N2O2S. The Morgan fingerprint density at radius 1 is 1.41 bits per heavy atom. The average Bonchev–Trinajstić information content (AvgIpc) is 2.09. The van der Waals surface area contributed by atoms with Gasteiger partial charge in [0.1, 0.15) is 0 Å². The summed E-state index contributed by atoms with van der Waals surface area (Å²) in [6.45, 7) is 3.13. The summed E-state index contributed by atoms with van der Waals surface area (Å²) in [5.41, 5.74) is 0. The van der Waals surface area contributed by atoms with Crippen molar-refractivity contribution in [3.05, 3.63) is 0 Å². The van der Waals surface area contributed by atoms with E-state index in [4.69, 9.17) is 0 Å². The Hall–Kier alpha value is -0.270. The van der Waals surface area contributed by atoms with E-state index >= 15 is 0 Å². The highest BCUT2D eigenvalue weighted by Gasteiger charge is 2.50. The van der Waals surface area contributed by atoms with Crippen LogP contribution in [0.15, 0.2) is 0 Å². The van der Waals surface area contributed by atoms with Crippen molar-refractivity contribution < 1.29 is 17.2 Å². The van der Waals surface area contributed by atoms with Crippen LogP contribution in [0.4, 0.5) is 8.78 Å². The predicted molar refractivity (Wildman–Crippen MR) is 64.6 cm³/mol. The molecule has 3 atom stereocenters. The first-order valence-corrected chi connectivity index (χ1v) is 7.09. The zero-order chi connectivity index (χ0) is 12.6. The SMILES string of the molecule is C.C[C@@H]1NC[C@H](C)C(F)(F)[C@@H]1CNS(C)(=O)=O. The van der Waals surface area contributed by atoms with Crippen LogP contribution in [-0.2, 0) is 10.0 Å². The minimum absolute atomic E-state index is 0. The van der Waals surface area contributed by atoms with Gasteiger partial charge in [0.15, 0.2) is 0 Å². The third-order valence-corrected chi connectivity index (χ3v) is 3.76. The molecule has 0 amide bonds. The number of rotatable bonds is 3. The van der Waals surface area contributed by atoms with Crippen LogP contribution in [0.5, 0.6) is 0 Å². The van der Waals surface area contributed by atoms with E-state index in [0.29, 0.717) is 0 Å². The Bertz CT molecular complexity index is 346. The van der Waals surface area contributed by atoms with Crippen LogP contribution >= 0.6 is 0 Å². The molecule has 0 unspecified atom stereocenters. The Morgan fingerprint density at radius 2 is 1.94 bits per heavy atom. The highest BCUT2D eigenvalue weighted by molar-refractivity contribution is 7.88. The second kappa shape index (κ2) is 5.58. The van der Waals surface area contributed by atoms with Crippen LogP contribution in [0.25, 0.3) is 0 Å². The summed E-state index contributed by atoms with van der Waals surface area (Å²) >= 11 is 0. The molecule has 0 radical (unpaired) electrons. The fraction of sp³-hybridized carbons (Fsp3) is 1.00.